The van der Waals surface area contributed by atoms with Crippen LogP contribution in [-0.4, -0.2) is 26.9 Å². The van der Waals surface area contributed by atoms with E-state index in [0.717, 1.165) is 16.8 Å². The maximum atomic E-state index is 12.8. The smallest absolute Gasteiger partial charge is 0.306 e. The van der Waals surface area contributed by atoms with Crippen LogP contribution in [0, 0.1) is 6.92 Å². The highest BCUT2D eigenvalue weighted by molar-refractivity contribution is 5.90. The minimum absolute atomic E-state index is 0.0666. The number of hydrogen-bond acceptors (Lipinski definition) is 3. The lowest BCUT2D eigenvalue weighted by Crippen LogP contribution is -2.13. The first-order chi connectivity index (χ1) is 17.0. The lowest BCUT2D eigenvalue weighted by atomic mass is 9.87. The molecular formula is C30H35N3O2. The summed E-state index contributed by atoms with van der Waals surface area (Å²) in [6.45, 7) is 4.37. The first-order valence-corrected chi connectivity index (χ1v) is 12.9. The van der Waals surface area contributed by atoms with Crippen molar-refractivity contribution in [3.8, 4) is 11.3 Å². The third-order valence-corrected chi connectivity index (χ3v) is 7.44. The SMILES string of the molecule is CCOC(=O)CC(c1cccc(C)c1)c1cn(C2CCCCC2)c2ccc(-c3ccnn3C)cc12. The van der Waals surface area contributed by atoms with Crippen molar-refractivity contribution in [3.05, 3.63) is 77.6 Å². The molecule has 1 atom stereocenters. The molecule has 1 fully saturated rings. The second-order valence-corrected chi connectivity index (χ2v) is 9.83. The lowest BCUT2D eigenvalue weighted by Gasteiger charge is -2.24. The molecule has 5 rings (SSSR count). The van der Waals surface area contributed by atoms with Gasteiger partial charge in [-0.2, -0.15) is 5.10 Å². The molecule has 0 spiro atoms. The van der Waals surface area contributed by atoms with E-state index in [9.17, 15) is 4.79 Å². The van der Waals surface area contributed by atoms with Crippen LogP contribution in [0.1, 0.15) is 74.1 Å². The summed E-state index contributed by atoms with van der Waals surface area (Å²) in [5.41, 5.74) is 7.03. The Hall–Kier alpha value is -3.34. The highest BCUT2D eigenvalue weighted by Gasteiger charge is 2.26. The first-order valence-electron chi connectivity index (χ1n) is 12.9. The van der Waals surface area contributed by atoms with Crippen molar-refractivity contribution in [2.45, 2.75) is 64.3 Å². The van der Waals surface area contributed by atoms with Crippen molar-refractivity contribution < 1.29 is 9.53 Å². The van der Waals surface area contributed by atoms with Gasteiger partial charge in [-0.25, -0.2) is 0 Å². The van der Waals surface area contributed by atoms with Crippen LogP contribution in [0.5, 0.6) is 0 Å². The van der Waals surface area contributed by atoms with Crippen molar-refractivity contribution in [2.75, 3.05) is 6.61 Å². The molecule has 1 unspecified atom stereocenters. The number of rotatable bonds is 7. The molecule has 0 radical (unpaired) electrons. The molecule has 0 amide bonds. The van der Waals surface area contributed by atoms with E-state index in [0.29, 0.717) is 19.1 Å². The van der Waals surface area contributed by atoms with Crippen molar-refractivity contribution in [3.63, 3.8) is 0 Å². The molecule has 5 heteroatoms. The number of aromatic nitrogens is 3. The van der Waals surface area contributed by atoms with Gasteiger partial charge in [-0.05, 0) is 56.0 Å². The summed E-state index contributed by atoms with van der Waals surface area (Å²) in [5.74, 6) is -0.219. The van der Waals surface area contributed by atoms with Crippen LogP contribution in [-0.2, 0) is 16.6 Å². The third kappa shape index (κ3) is 4.77. The van der Waals surface area contributed by atoms with Crippen LogP contribution in [0.15, 0.2) is 60.9 Å². The molecule has 0 N–H and O–H groups in total. The van der Waals surface area contributed by atoms with Gasteiger partial charge in [-0.1, -0.05) is 55.2 Å². The Balaban J connectivity index is 1.70. The van der Waals surface area contributed by atoms with Gasteiger partial charge in [0.25, 0.3) is 0 Å². The molecule has 182 valence electrons. The van der Waals surface area contributed by atoms with Gasteiger partial charge >= 0.3 is 5.97 Å². The summed E-state index contributed by atoms with van der Waals surface area (Å²) in [6, 6.07) is 17.8. The molecular weight excluding hydrogens is 434 g/mol. The number of ether oxygens (including phenoxy) is 1. The van der Waals surface area contributed by atoms with Gasteiger partial charge in [-0.15, -0.1) is 0 Å². The van der Waals surface area contributed by atoms with Gasteiger partial charge in [0.15, 0.2) is 0 Å². The first kappa shape index (κ1) is 23.4. The van der Waals surface area contributed by atoms with Crippen molar-refractivity contribution >= 4 is 16.9 Å². The average molecular weight is 470 g/mol. The van der Waals surface area contributed by atoms with Crippen LogP contribution in [0.4, 0.5) is 0 Å². The summed E-state index contributed by atoms with van der Waals surface area (Å²) in [6.07, 6.45) is 10.8. The van der Waals surface area contributed by atoms with E-state index in [-0.39, 0.29) is 11.9 Å². The molecule has 1 aliphatic rings. The number of nitrogens with zero attached hydrogens (tertiary/aromatic N) is 3. The van der Waals surface area contributed by atoms with Crippen molar-refractivity contribution in [2.24, 2.45) is 7.05 Å². The Bertz CT molecular complexity index is 1330. The Morgan fingerprint density at radius 1 is 1.11 bits per heavy atom. The third-order valence-electron chi connectivity index (χ3n) is 7.44. The van der Waals surface area contributed by atoms with Gasteiger partial charge in [0.1, 0.15) is 0 Å². The number of hydrogen-bond donors (Lipinski definition) is 0. The highest BCUT2D eigenvalue weighted by atomic mass is 16.5. The summed E-state index contributed by atoms with van der Waals surface area (Å²) in [4.78, 5) is 12.8. The molecule has 35 heavy (non-hydrogen) atoms. The Kier molecular flexibility index (Phi) is 6.76. The molecule has 2 aromatic carbocycles. The largest absolute Gasteiger partial charge is 0.466 e. The van der Waals surface area contributed by atoms with Gasteiger partial charge < -0.3 is 9.30 Å². The second kappa shape index (κ2) is 10.1. The summed E-state index contributed by atoms with van der Waals surface area (Å²) in [7, 11) is 1.98. The van der Waals surface area contributed by atoms with Gasteiger partial charge in [0.2, 0.25) is 0 Å². The summed E-state index contributed by atoms with van der Waals surface area (Å²) in [5, 5.41) is 5.59. The molecule has 1 aliphatic carbocycles. The van der Waals surface area contributed by atoms with E-state index in [1.165, 1.54) is 54.1 Å². The quantitative estimate of drug-likeness (QED) is 0.275. The van der Waals surface area contributed by atoms with E-state index >= 15 is 0 Å². The number of aryl methyl sites for hydroxylation is 2. The molecule has 0 bridgehead atoms. The minimum Gasteiger partial charge on any atom is -0.466 e. The number of esters is 1. The topological polar surface area (TPSA) is 49.1 Å². The predicted octanol–water partition coefficient (Wildman–Crippen LogP) is 6.94. The standard InChI is InChI=1S/C30H35N3O2/c1-4-35-30(34)19-25(22-10-8-9-21(2)17-22)27-20-33(24-11-6-5-7-12-24)29-14-13-23(18-26(27)29)28-15-16-31-32(28)3/h8-10,13-18,20,24-25H,4-7,11-12,19H2,1-3H3. The van der Waals surface area contributed by atoms with Crippen LogP contribution < -0.4 is 0 Å². The second-order valence-electron chi connectivity index (χ2n) is 9.83. The minimum atomic E-state index is -0.152. The van der Waals surface area contributed by atoms with E-state index in [4.69, 9.17) is 4.74 Å². The maximum Gasteiger partial charge on any atom is 0.306 e. The molecule has 2 aromatic heterocycles. The van der Waals surface area contributed by atoms with Gasteiger partial charge in [0.05, 0.1) is 18.7 Å². The predicted molar refractivity (Wildman–Crippen MR) is 141 cm³/mol. The van der Waals surface area contributed by atoms with E-state index in [1.54, 1.807) is 0 Å². The van der Waals surface area contributed by atoms with Gasteiger partial charge in [0, 0.05) is 47.9 Å². The fraction of sp³-hybridized carbons (Fsp3) is 0.400. The van der Waals surface area contributed by atoms with E-state index in [1.807, 2.05) is 24.9 Å². The Morgan fingerprint density at radius 2 is 1.94 bits per heavy atom. The lowest BCUT2D eigenvalue weighted by molar-refractivity contribution is -0.143. The summed E-state index contributed by atoms with van der Waals surface area (Å²) >= 11 is 0. The molecule has 0 aliphatic heterocycles. The fourth-order valence-corrected chi connectivity index (χ4v) is 5.72. The van der Waals surface area contributed by atoms with E-state index in [2.05, 4.69) is 71.3 Å². The number of fused-ring (bicyclic) bond motifs is 1. The van der Waals surface area contributed by atoms with Crippen LogP contribution in [0.25, 0.3) is 22.2 Å². The zero-order valence-corrected chi connectivity index (χ0v) is 21.0. The highest BCUT2D eigenvalue weighted by Crippen LogP contribution is 2.40. The average Bonchev–Trinajstić information content (AvgIpc) is 3.46. The zero-order valence-electron chi connectivity index (χ0n) is 21.0. The molecule has 5 nitrogen and oxygen atoms in total. The fourth-order valence-electron chi connectivity index (χ4n) is 5.72. The maximum absolute atomic E-state index is 12.8. The molecule has 2 heterocycles. The van der Waals surface area contributed by atoms with Crippen molar-refractivity contribution in [1.29, 1.82) is 0 Å². The Morgan fingerprint density at radius 3 is 2.66 bits per heavy atom. The summed E-state index contributed by atoms with van der Waals surface area (Å²) < 4.78 is 9.83. The van der Waals surface area contributed by atoms with Gasteiger partial charge in [-0.3, -0.25) is 9.48 Å². The van der Waals surface area contributed by atoms with E-state index < -0.39 is 0 Å². The van der Waals surface area contributed by atoms with Crippen LogP contribution in [0.3, 0.4) is 0 Å². The monoisotopic (exact) mass is 469 g/mol. The number of carbonyl (C=O) groups excluding carboxylic acids is 1. The van der Waals surface area contributed by atoms with Crippen LogP contribution in [0.2, 0.25) is 0 Å². The molecule has 1 saturated carbocycles. The molecule has 4 aromatic rings. The number of benzene rings is 2. The van der Waals surface area contributed by atoms with Crippen LogP contribution >= 0.6 is 0 Å². The Labute approximate surface area is 207 Å². The normalized spacial score (nSPS) is 15.4. The molecule has 0 saturated heterocycles. The number of carbonyl (C=O) groups is 1. The van der Waals surface area contributed by atoms with Crippen molar-refractivity contribution in [1.82, 2.24) is 14.3 Å². The zero-order chi connectivity index (χ0) is 24.4.